The van der Waals surface area contributed by atoms with Gasteiger partial charge in [-0.2, -0.15) is 13.2 Å². The van der Waals surface area contributed by atoms with Crippen molar-refractivity contribution in [3.05, 3.63) is 59.2 Å². The first-order chi connectivity index (χ1) is 13.1. The van der Waals surface area contributed by atoms with Gasteiger partial charge in [0.05, 0.1) is 12.1 Å². The average Bonchev–Trinajstić information content (AvgIpc) is 2.62. The van der Waals surface area contributed by atoms with E-state index < -0.39 is 40.7 Å². The Morgan fingerprint density at radius 2 is 1.82 bits per heavy atom. The molecule has 3 N–H and O–H groups in total. The lowest BCUT2D eigenvalue weighted by atomic mass is 10.1. The Labute approximate surface area is 156 Å². The molecule has 0 aromatic heterocycles. The molecule has 0 aliphatic carbocycles. The van der Waals surface area contributed by atoms with Crippen LogP contribution in [0.25, 0.3) is 0 Å². The number of para-hydroxylation sites is 1. The Kier molecular flexibility index (Phi) is 6.45. The molecule has 2 rings (SSSR count). The molecule has 0 bridgehead atoms. The van der Waals surface area contributed by atoms with E-state index in [2.05, 4.69) is 4.99 Å². The number of benzene rings is 2. The number of nitrogens with zero attached hydrogens (tertiary/aromatic N) is 1. The summed E-state index contributed by atoms with van der Waals surface area (Å²) in [7, 11) is 0. The average molecular weight is 399 g/mol. The molecule has 1 amide bonds. The number of phenols is 1. The molecule has 0 saturated carbocycles. The number of nitrogens with one attached hydrogen (secondary N) is 2. The number of hydrogen-bond acceptors (Lipinski definition) is 4. The molecule has 0 fully saturated rings. The van der Waals surface area contributed by atoms with Crippen molar-refractivity contribution < 1.29 is 31.9 Å². The highest BCUT2D eigenvalue weighted by Gasteiger charge is 2.30. The van der Waals surface area contributed by atoms with Gasteiger partial charge in [0.1, 0.15) is 28.8 Å². The monoisotopic (exact) mass is 399 g/mol. The standard InChI is InChI=1S/C18H14F5N3O2/c19-12-2-1-3-13(20)16(12)26-17(28)14(24)6-7-25-9-10-8-11(18(21,22)23)4-5-15(10)27/h1-5,7-8,24,27H,6,9H2,(H,26,28). The molecule has 0 radical (unpaired) electrons. The predicted molar refractivity (Wildman–Crippen MR) is 92.6 cm³/mol. The molecule has 10 heteroatoms. The maximum absolute atomic E-state index is 13.5. The van der Waals surface area contributed by atoms with E-state index in [4.69, 9.17) is 5.41 Å². The molecular weight excluding hydrogens is 385 g/mol. The minimum atomic E-state index is -4.58. The van der Waals surface area contributed by atoms with Crippen LogP contribution in [0.4, 0.5) is 27.6 Å². The van der Waals surface area contributed by atoms with Crippen molar-refractivity contribution in [2.45, 2.75) is 19.1 Å². The maximum atomic E-state index is 13.5. The molecule has 148 valence electrons. The largest absolute Gasteiger partial charge is 0.508 e. The van der Waals surface area contributed by atoms with Crippen LogP contribution in [0.1, 0.15) is 17.5 Å². The third-order valence-corrected chi connectivity index (χ3v) is 3.57. The number of halogens is 5. The van der Waals surface area contributed by atoms with Gasteiger partial charge in [0.15, 0.2) is 0 Å². The zero-order valence-corrected chi connectivity index (χ0v) is 14.1. The molecule has 2 aromatic carbocycles. The summed E-state index contributed by atoms with van der Waals surface area (Å²) in [5.74, 6) is -3.45. The summed E-state index contributed by atoms with van der Waals surface area (Å²) in [5, 5.41) is 19.1. The lowest BCUT2D eigenvalue weighted by Crippen LogP contribution is -2.23. The van der Waals surface area contributed by atoms with E-state index in [1.165, 1.54) is 0 Å². The van der Waals surface area contributed by atoms with Gasteiger partial charge in [-0.25, -0.2) is 8.78 Å². The van der Waals surface area contributed by atoms with E-state index in [0.717, 1.165) is 42.6 Å². The van der Waals surface area contributed by atoms with Crippen LogP contribution in [0.15, 0.2) is 41.4 Å². The Morgan fingerprint density at radius 1 is 1.18 bits per heavy atom. The SMILES string of the molecule is N=C(CC=NCc1cc(C(F)(F)F)ccc1O)C(=O)Nc1c(F)cccc1F. The fraction of sp³-hybridized carbons (Fsp3) is 0.167. The van der Waals surface area contributed by atoms with Crippen LogP contribution < -0.4 is 5.32 Å². The second-order valence-electron chi connectivity index (χ2n) is 5.60. The van der Waals surface area contributed by atoms with Crippen molar-refractivity contribution in [3.63, 3.8) is 0 Å². The number of aromatic hydroxyl groups is 1. The molecule has 5 nitrogen and oxygen atoms in total. The minimum absolute atomic E-state index is 0.0875. The van der Waals surface area contributed by atoms with Crippen LogP contribution in [0, 0.1) is 17.0 Å². The molecule has 0 atom stereocenters. The number of carbonyl (C=O) groups excluding carboxylic acids is 1. The van der Waals surface area contributed by atoms with Crippen molar-refractivity contribution >= 4 is 23.5 Å². The lowest BCUT2D eigenvalue weighted by molar-refractivity contribution is -0.137. The maximum Gasteiger partial charge on any atom is 0.416 e. The topological polar surface area (TPSA) is 85.5 Å². The van der Waals surface area contributed by atoms with E-state index in [0.29, 0.717) is 0 Å². The normalized spacial score (nSPS) is 11.6. The van der Waals surface area contributed by atoms with Crippen LogP contribution in [0.3, 0.4) is 0 Å². The van der Waals surface area contributed by atoms with Crippen LogP contribution in [-0.4, -0.2) is 22.9 Å². The van der Waals surface area contributed by atoms with E-state index >= 15 is 0 Å². The molecular formula is C18H14F5N3O2. The van der Waals surface area contributed by atoms with Gasteiger partial charge < -0.3 is 10.4 Å². The first-order valence-electron chi connectivity index (χ1n) is 7.79. The molecule has 2 aromatic rings. The van der Waals surface area contributed by atoms with Crippen LogP contribution >= 0.6 is 0 Å². The van der Waals surface area contributed by atoms with E-state index in [9.17, 15) is 31.9 Å². The second kappa shape index (κ2) is 8.59. The van der Waals surface area contributed by atoms with Crippen molar-refractivity contribution in [1.29, 1.82) is 5.41 Å². The van der Waals surface area contributed by atoms with Gasteiger partial charge in [0.2, 0.25) is 0 Å². The highest BCUT2D eigenvalue weighted by molar-refractivity contribution is 6.43. The molecule has 0 saturated heterocycles. The number of alkyl halides is 3. The Hall–Kier alpha value is -3.30. The number of amides is 1. The van der Waals surface area contributed by atoms with Gasteiger partial charge in [-0.1, -0.05) is 6.07 Å². The second-order valence-corrected chi connectivity index (χ2v) is 5.60. The molecule has 0 heterocycles. The number of aliphatic imine (C=N–C) groups is 1. The summed E-state index contributed by atoms with van der Waals surface area (Å²) in [6.07, 6.45) is -3.82. The number of phenolic OH excluding ortho intramolecular Hbond substituents is 1. The van der Waals surface area contributed by atoms with Gasteiger partial charge in [0.25, 0.3) is 5.91 Å². The van der Waals surface area contributed by atoms with E-state index in [1.54, 1.807) is 0 Å². The van der Waals surface area contributed by atoms with Gasteiger partial charge in [-0.3, -0.25) is 15.2 Å². The summed E-state index contributed by atoms with van der Waals surface area (Å²) < 4.78 is 65.0. The number of rotatable bonds is 6. The zero-order chi connectivity index (χ0) is 20.9. The summed E-state index contributed by atoms with van der Waals surface area (Å²) >= 11 is 0. The third kappa shape index (κ3) is 5.35. The van der Waals surface area contributed by atoms with E-state index in [1.807, 2.05) is 5.32 Å². The summed E-state index contributed by atoms with van der Waals surface area (Å²) in [5.41, 5.74) is -2.30. The summed E-state index contributed by atoms with van der Waals surface area (Å²) in [6, 6.07) is 5.35. The Balaban J connectivity index is 1.96. The first-order valence-corrected chi connectivity index (χ1v) is 7.79. The molecule has 0 unspecified atom stereocenters. The lowest BCUT2D eigenvalue weighted by Gasteiger charge is -2.09. The van der Waals surface area contributed by atoms with Gasteiger partial charge in [-0.05, 0) is 30.3 Å². The number of anilines is 1. The van der Waals surface area contributed by atoms with Crippen LogP contribution in [-0.2, 0) is 17.5 Å². The van der Waals surface area contributed by atoms with Crippen molar-refractivity contribution in [3.8, 4) is 5.75 Å². The highest BCUT2D eigenvalue weighted by Crippen LogP contribution is 2.32. The molecule has 28 heavy (non-hydrogen) atoms. The number of carbonyl (C=O) groups is 1. The first kappa shape index (κ1) is 21.0. The third-order valence-electron chi connectivity index (χ3n) is 3.57. The van der Waals surface area contributed by atoms with Crippen LogP contribution in [0.5, 0.6) is 5.75 Å². The smallest absolute Gasteiger partial charge is 0.416 e. The fourth-order valence-electron chi connectivity index (χ4n) is 2.11. The Bertz CT molecular complexity index is 906. The fourth-order valence-corrected chi connectivity index (χ4v) is 2.11. The Morgan fingerprint density at radius 3 is 2.43 bits per heavy atom. The minimum Gasteiger partial charge on any atom is -0.508 e. The van der Waals surface area contributed by atoms with E-state index in [-0.39, 0.29) is 24.3 Å². The van der Waals surface area contributed by atoms with Crippen molar-refractivity contribution in [2.75, 3.05) is 5.32 Å². The quantitative estimate of drug-likeness (QED) is 0.500. The predicted octanol–water partition coefficient (Wildman–Crippen LogP) is 4.31. The van der Waals surface area contributed by atoms with Crippen molar-refractivity contribution in [2.24, 2.45) is 4.99 Å². The van der Waals surface area contributed by atoms with Gasteiger partial charge in [-0.15, -0.1) is 0 Å². The van der Waals surface area contributed by atoms with Gasteiger partial charge in [0, 0.05) is 18.2 Å². The highest BCUT2D eigenvalue weighted by atomic mass is 19.4. The summed E-state index contributed by atoms with van der Waals surface area (Å²) in [6.45, 7) is -0.313. The zero-order valence-electron chi connectivity index (χ0n) is 14.1. The molecule has 0 aliphatic rings. The van der Waals surface area contributed by atoms with Gasteiger partial charge >= 0.3 is 6.18 Å². The summed E-state index contributed by atoms with van der Waals surface area (Å²) in [4.78, 5) is 15.6. The molecule has 0 aliphatic heterocycles. The van der Waals surface area contributed by atoms with Crippen LogP contribution in [0.2, 0.25) is 0 Å². The molecule has 0 spiro atoms. The van der Waals surface area contributed by atoms with Crippen molar-refractivity contribution in [1.82, 2.24) is 0 Å². The number of hydrogen-bond donors (Lipinski definition) is 3.